The number of benzene rings is 2. The summed E-state index contributed by atoms with van der Waals surface area (Å²) in [6.07, 6.45) is -0.422. The molecule has 2 heterocycles. The van der Waals surface area contributed by atoms with Crippen molar-refractivity contribution in [1.29, 1.82) is 0 Å². The summed E-state index contributed by atoms with van der Waals surface area (Å²) < 4.78 is 3.93. The molecular formula is C20H24N6O3. The topological polar surface area (TPSA) is 121 Å². The minimum Gasteiger partial charge on any atom is -0.480 e. The fourth-order valence-corrected chi connectivity index (χ4v) is 3.89. The standard InChI is InChI=1S/C20H24N6O3/c1-24-15-8-3-12(21)11-16(15)25(2)20(24)23-22-13-4-6-14(7-5-13)26-10-9-17(27)18(26)19(28)29/h3-8,11,17-18,22,27H,9-10,21H2,1-2H3,(H,28,29). The number of aliphatic hydroxyl groups excluding tert-OH is 1. The molecular weight excluding hydrogens is 372 g/mol. The van der Waals surface area contributed by atoms with Crippen molar-refractivity contribution in [3.05, 3.63) is 48.1 Å². The molecule has 1 aliphatic heterocycles. The number of nitrogens with zero attached hydrogens (tertiary/aromatic N) is 4. The summed E-state index contributed by atoms with van der Waals surface area (Å²) in [6, 6.07) is 12.1. The van der Waals surface area contributed by atoms with Crippen molar-refractivity contribution in [3.8, 4) is 0 Å². The number of aliphatic carboxylic acids is 1. The van der Waals surface area contributed by atoms with Gasteiger partial charge in [-0.25, -0.2) is 4.79 Å². The van der Waals surface area contributed by atoms with Crippen molar-refractivity contribution >= 4 is 34.1 Å². The molecule has 3 aromatic rings. The van der Waals surface area contributed by atoms with E-state index in [1.807, 2.05) is 65.7 Å². The molecule has 0 amide bonds. The Hall–Kier alpha value is -3.46. The van der Waals surface area contributed by atoms with Crippen LogP contribution in [0.25, 0.3) is 11.0 Å². The fourth-order valence-electron chi connectivity index (χ4n) is 3.89. The van der Waals surface area contributed by atoms with Crippen LogP contribution in [-0.2, 0) is 18.9 Å². The first-order valence-electron chi connectivity index (χ1n) is 9.35. The number of carboxylic acid groups (broad SMARTS) is 1. The van der Waals surface area contributed by atoms with Gasteiger partial charge in [-0.15, -0.1) is 5.10 Å². The Labute approximate surface area is 167 Å². The summed E-state index contributed by atoms with van der Waals surface area (Å²) >= 11 is 0. The van der Waals surface area contributed by atoms with Crippen molar-refractivity contribution < 1.29 is 15.0 Å². The number of nitrogen functional groups attached to an aromatic ring is 1. The summed E-state index contributed by atoms with van der Waals surface area (Å²) in [6.45, 7) is 0.504. The predicted octanol–water partition coefficient (Wildman–Crippen LogP) is 1.05. The van der Waals surface area contributed by atoms with Crippen molar-refractivity contribution in [2.45, 2.75) is 18.6 Å². The van der Waals surface area contributed by atoms with Crippen LogP contribution in [0.5, 0.6) is 0 Å². The highest BCUT2D eigenvalue weighted by Gasteiger charge is 2.38. The maximum absolute atomic E-state index is 11.4. The molecule has 5 N–H and O–H groups in total. The van der Waals surface area contributed by atoms with Crippen molar-refractivity contribution in [3.63, 3.8) is 0 Å². The second kappa shape index (κ2) is 7.17. The lowest BCUT2D eigenvalue weighted by atomic mass is 10.1. The highest BCUT2D eigenvalue weighted by molar-refractivity contribution is 5.80. The number of anilines is 3. The number of carbonyl (C=O) groups is 1. The van der Waals surface area contributed by atoms with Crippen molar-refractivity contribution in [1.82, 2.24) is 9.13 Å². The highest BCUT2D eigenvalue weighted by Crippen LogP contribution is 2.27. The monoisotopic (exact) mass is 396 g/mol. The molecule has 1 aliphatic rings. The van der Waals surface area contributed by atoms with Gasteiger partial charge >= 0.3 is 5.97 Å². The Morgan fingerprint density at radius 3 is 2.52 bits per heavy atom. The van der Waals surface area contributed by atoms with Crippen LogP contribution in [0.3, 0.4) is 0 Å². The van der Waals surface area contributed by atoms with Gasteiger partial charge in [-0.2, -0.15) is 0 Å². The highest BCUT2D eigenvalue weighted by atomic mass is 16.4. The van der Waals surface area contributed by atoms with Gasteiger partial charge < -0.3 is 30.0 Å². The SMILES string of the molecule is Cn1c(=NNc2ccc(N3CCC(O)C3C(=O)O)cc2)n(C)c2cc(N)ccc21. The van der Waals surface area contributed by atoms with E-state index in [1.165, 1.54) is 0 Å². The molecule has 4 rings (SSSR count). The Morgan fingerprint density at radius 1 is 1.14 bits per heavy atom. The number of nitrogens with two attached hydrogens (primary N) is 1. The zero-order valence-electron chi connectivity index (χ0n) is 16.3. The number of aromatic nitrogens is 2. The number of nitrogens with one attached hydrogen (secondary N) is 1. The minimum atomic E-state index is -1.02. The third-order valence-corrected chi connectivity index (χ3v) is 5.43. The van der Waals surface area contributed by atoms with Crippen molar-refractivity contribution in [2.24, 2.45) is 19.2 Å². The third kappa shape index (κ3) is 3.29. The van der Waals surface area contributed by atoms with Crippen LogP contribution < -0.4 is 21.7 Å². The molecule has 1 fully saturated rings. The normalized spacial score (nSPS) is 19.8. The summed E-state index contributed by atoms with van der Waals surface area (Å²) in [5.74, 6) is -1.02. The minimum absolute atomic E-state index is 0.439. The molecule has 0 saturated carbocycles. The van der Waals surface area contributed by atoms with E-state index in [4.69, 9.17) is 5.73 Å². The van der Waals surface area contributed by atoms with E-state index < -0.39 is 18.1 Å². The lowest BCUT2D eigenvalue weighted by molar-refractivity contribution is -0.140. The van der Waals surface area contributed by atoms with Gasteiger partial charge in [-0.3, -0.25) is 5.43 Å². The van der Waals surface area contributed by atoms with Crippen LogP contribution in [0, 0.1) is 0 Å². The van der Waals surface area contributed by atoms with E-state index in [1.54, 1.807) is 4.90 Å². The second-order valence-corrected chi connectivity index (χ2v) is 7.27. The molecule has 0 bridgehead atoms. The number of hydrogen-bond acceptors (Lipinski definition) is 6. The summed E-state index contributed by atoms with van der Waals surface area (Å²) in [7, 11) is 3.86. The molecule has 9 nitrogen and oxygen atoms in total. The molecule has 9 heteroatoms. The molecule has 1 aromatic heterocycles. The lowest BCUT2D eigenvalue weighted by Crippen LogP contribution is -2.41. The van der Waals surface area contributed by atoms with Gasteiger partial charge in [0.15, 0.2) is 6.04 Å². The Kier molecular flexibility index (Phi) is 4.67. The number of aliphatic hydroxyl groups is 1. The Bertz CT molecular complexity index is 1130. The van der Waals surface area contributed by atoms with E-state index in [2.05, 4.69) is 10.5 Å². The predicted molar refractivity (Wildman–Crippen MR) is 111 cm³/mol. The number of carboxylic acids is 1. The van der Waals surface area contributed by atoms with Gasteiger partial charge in [0.05, 0.1) is 22.8 Å². The van der Waals surface area contributed by atoms with Gasteiger partial charge in [0.25, 0.3) is 0 Å². The molecule has 2 atom stereocenters. The Balaban J connectivity index is 1.59. The van der Waals surface area contributed by atoms with E-state index >= 15 is 0 Å². The maximum Gasteiger partial charge on any atom is 0.329 e. The van der Waals surface area contributed by atoms with E-state index in [0.29, 0.717) is 18.7 Å². The number of imidazole rings is 1. The maximum atomic E-state index is 11.4. The number of rotatable bonds is 4. The molecule has 1 saturated heterocycles. The van der Waals surface area contributed by atoms with Gasteiger partial charge in [-0.1, -0.05) is 0 Å². The fraction of sp³-hybridized carbons (Fsp3) is 0.300. The Morgan fingerprint density at radius 2 is 1.83 bits per heavy atom. The molecule has 0 spiro atoms. The quantitative estimate of drug-likeness (QED) is 0.386. The summed E-state index contributed by atoms with van der Waals surface area (Å²) in [5.41, 5.74) is 13.9. The first kappa shape index (κ1) is 18.9. The molecule has 0 radical (unpaired) electrons. The average molecular weight is 396 g/mol. The third-order valence-electron chi connectivity index (χ3n) is 5.43. The van der Waals surface area contributed by atoms with Crippen LogP contribution in [0.15, 0.2) is 47.6 Å². The average Bonchev–Trinajstić information content (AvgIpc) is 3.19. The summed E-state index contributed by atoms with van der Waals surface area (Å²) in [5, 5.41) is 23.8. The van der Waals surface area contributed by atoms with Crippen LogP contribution in [0.2, 0.25) is 0 Å². The summed E-state index contributed by atoms with van der Waals surface area (Å²) in [4.78, 5) is 13.1. The first-order valence-corrected chi connectivity index (χ1v) is 9.35. The van der Waals surface area contributed by atoms with Crippen LogP contribution in [0.4, 0.5) is 17.1 Å². The van der Waals surface area contributed by atoms with Crippen LogP contribution in [-0.4, -0.2) is 44.0 Å². The van der Waals surface area contributed by atoms with Gasteiger partial charge in [-0.05, 0) is 48.9 Å². The first-order chi connectivity index (χ1) is 13.9. The van der Waals surface area contributed by atoms with Gasteiger partial charge in [0.1, 0.15) is 0 Å². The molecule has 29 heavy (non-hydrogen) atoms. The van der Waals surface area contributed by atoms with E-state index in [0.717, 1.165) is 28.0 Å². The van der Waals surface area contributed by atoms with Crippen LogP contribution in [0.1, 0.15) is 6.42 Å². The number of hydrogen-bond donors (Lipinski definition) is 4. The van der Waals surface area contributed by atoms with Crippen molar-refractivity contribution in [2.75, 3.05) is 22.6 Å². The number of fused-ring (bicyclic) bond motifs is 1. The zero-order valence-corrected chi connectivity index (χ0v) is 16.3. The second-order valence-electron chi connectivity index (χ2n) is 7.27. The number of aryl methyl sites for hydroxylation is 2. The van der Waals surface area contributed by atoms with Gasteiger partial charge in [0.2, 0.25) is 5.62 Å². The molecule has 2 unspecified atom stereocenters. The molecule has 2 aromatic carbocycles. The van der Waals surface area contributed by atoms with Crippen LogP contribution >= 0.6 is 0 Å². The largest absolute Gasteiger partial charge is 0.480 e. The molecule has 0 aliphatic carbocycles. The van der Waals surface area contributed by atoms with Gasteiger partial charge in [0, 0.05) is 32.0 Å². The smallest absolute Gasteiger partial charge is 0.329 e. The molecule has 152 valence electrons. The zero-order chi connectivity index (χ0) is 20.7. The van der Waals surface area contributed by atoms with E-state index in [9.17, 15) is 15.0 Å². The lowest BCUT2D eigenvalue weighted by Gasteiger charge is -2.24. The van der Waals surface area contributed by atoms with E-state index in [-0.39, 0.29) is 0 Å².